The van der Waals surface area contributed by atoms with Gasteiger partial charge in [0.25, 0.3) is 0 Å². The normalized spacial score (nSPS) is 29.7. The van der Waals surface area contributed by atoms with Crippen molar-refractivity contribution >= 4 is 0 Å². The number of ether oxygens (including phenoxy) is 2. The van der Waals surface area contributed by atoms with Crippen LogP contribution in [0.15, 0.2) is 0 Å². The minimum absolute atomic E-state index is 0.113. The smallest absolute Gasteiger partial charge is 0.157 e. The fourth-order valence-electron chi connectivity index (χ4n) is 4.81. The molecule has 1 saturated heterocycles. The van der Waals surface area contributed by atoms with E-state index in [1.54, 1.807) is 0 Å². The van der Waals surface area contributed by atoms with Crippen LogP contribution in [0.3, 0.4) is 0 Å². The van der Waals surface area contributed by atoms with E-state index in [4.69, 9.17) is 9.47 Å². The third kappa shape index (κ3) is 3.33. The van der Waals surface area contributed by atoms with Gasteiger partial charge in [-0.3, -0.25) is 0 Å². The quantitative estimate of drug-likeness (QED) is 0.736. The van der Waals surface area contributed by atoms with Gasteiger partial charge in [0.05, 0.1) is 13.2 Å². The summed E-state index contributed by atoms with van der Waals surface area (Å²) in [5.74, 6) is 1.00. The average Bonchev–Trinajstić information content (AvgIpc) is 3.01. The summed E-state index contributed by atoms with van der Waals surface area (Å²) >= 11 is 0. The van der Waals surface area contributed by atoms with Gasteiger partial charge in [-0.1, -0.05) is 38.5 Å². The van der Waals surface area contributed by atoms with Crippen LogP contribution in [0.25, 0.3) is 0 Å². The topological polar surface area (TPSA) is 18.5 Å². The summed E-state index contributed by atoms with van der Waals surface area (Å²) in [5.41, 5.74) is 0.647. The van der Waals surface area contributed by atoms with Gasteiger partial charge >= 0.3 is 0 Å². The first kappa shape index (κ1) is 13.9. The monoisotopic (exact) mass is 266 g/mol. The molecule has 3 fully saturated rings. The Morgan fingerprint density at radius 1 is 0.789 bits per heavy atom. The molecule has 0 aromatic carbocycles. The van der Waals surface area contributed by atoms with E-state index in [0.717, 1.165) is 25.6 Å². The molecule has 2 aliphatic carbocycles. The van der Waals surface area contributed by atoms with E-state index >= 15 is 0 Å². The highest BCUT2D eigenvalue weighted by Gasteiger charge is 2.40. The summed E-state index contributed by atoms with van der Waals surface area (Å²) < 4.78 is 11.3. The SMILES string of the molecule is C1CCC(C2(CCC3OCCO3)CCCCC2)CC1. The zero-order chi connectivity index (χ0) is 13.0. The summed E-state index contributed by atoms with van der Waals surface area (Å²) in [6.45, 7) is 1.61. The molecular weight excluding hydrogens is 236 g/mol. The van der Waals surface area contributed by atoms with E-state index in [-0.39, 0.29) is 6.29 Å². The lowest BCUT2D eigenvalue weighted by atomic mass is 9.60. The van der Waals surface area contributed by atoms with E-state index in [0.29, 0.717) is 5.41 Å². The van der Waals surface area contributed by atoms with Crippen LogP contribution in [-0.4, -0.2) is 19.5 Å². The van der Waals surface area contributed by atoms with Gasteiger partial charge in [-0.15, -0.1) is 0 Å². The van der Waals surface area contributed by atoms with E-state index < -0.39 is 0 Å². The van der Waals surface area contributed by atoms with E-state index in [9.17, 15) is 0 Å². The maximum Gasteiger partial charge on any atom is 0.157 e. The zero-order valence-corrected chi connectivity index (χ0v) is 12.4. The van der Waals surface area contributed by atoms with Crippen LogP contribution >= 0.6 is 0 Å². The zero-order valence-electron chi connectivity index (χ0n) is 12.4. The summed E-state index contributed by atoms with van der Waals surface area (Å²) in [4.78, 5) is 0. The van der Waals surface area contributed by atoms with Crippen molar-refractivity contribution in [1.29, 1.82) is 0 Å². The molecule has 110 valence electrons. The highest BCUT2D eigenvalue weighted by Crippen LogP contribution is 2.51. The Morgan fingerprint density at radius 2 is 1.42 bits per heavy atom. The van der Waals surface area contributed by atoms with Crippen molar-refractivity contribution in [2.45, 2.75) is 83.3 Å². The third-order valence-electron chi connectivity index (χ3n) is 5.89. The van der Waals surface area contributed by atoms with Crippen molar-refractivity contribution in [1.82, 2.24) is 0 Å². The average molecular weight is 266 g/mol. The highest BCUT2D eigenvalue weighted by atomic mass is 16.7. The van der Waals surface area contributed by atoms with Gasteiger partial charge in [0.2, 0.25) is 0 Å². The molecule has 0 radical (unpaired) electrons. The van der Waals surface area contributed by atoms with Crippen molar-refractivity contribution < 1.29 is 9.47 Å². The van der Waals surface area contributed by atoms with E-state index in [2.05, 4.69) is 0 Å². The van der Waals surface area contributed by atoms with Crippen LogP contribution in [0.2, 0.25) is 0 Å². The molecule has 0 amide bonds. The van der Waals surface area contributed by atoms with Crippen LogP contribution in [0.1, 0.15) is 77.0 Å². The Bertz CT molecular complexity index is 258. The van der Waals surface area contributed by atoms with Gasteiger partial charge in [0.15, 0.2) is 6.29 Å². The molecule has 0 aromatic heterocycles. The lowest BCUT2D eigenvalue weighted by molar-refractivity contribution is -0.0639. The lowest BCUT2D eigenvalue weighted by Gasteiger charge is -2.46. The molecule has 0 bridgehead atoms. The first-order valence-corrected chi connectivity index (χ1v) is 8.62. The second-order valence-corrected chi connectivity index (χ2v) is 6.97. The maximum atomic E-state index is 5.65. The predicted octanol–water partition coefficient (Wildman–Crippen LogP) is 4.67. The Morgan fingerprint density at radius 3 is 2.11 bits per heavy atom. The molecule has 0 unspecified atom stereocenters. The molecule has 2 nitrogen and oxygen atoms in total. The molecule has 0 spiro atoms. The van der Waals surface area contributed by atoms with Crippen molar-refractivity contribution in [2.75, 3.05) is 13.2 Å². The van der Waals surface area contributed by atoms with E-state index in [1.807, 2.05) is 0 Å². The molecule has 2 saturated carbocycles. The Kier molecular flexibility index (Phi) is 4.81. The minimum Gasteiger partial charge on any atom is -0.350 e. The van der Waals surface area contributed by atoms with Crippen LogP contribution in [-0.2, 0) is 9.47 Å². The molecule has 0 aromatic rings. The van der Waals surface area contributed by atoms with Gasteiger partial charge in [-0.2, -0.15) is 0 Å². The molecule has 19 heavy (non-hydrogen) atoms. The summed E-state index contributed by atoms with van der Waals surface area (Å²) in [6, 6.07) is 0. The molecule has 3 aliphatic rings. The molecule has 2 heteroatoms. The number of hydrogen-bond acceptors (Lipinski definition) is 2. The van der Waals surface area contributed by atoms with Crippen LogP contribution in [0, 0.1) is 11.3 Å². The fourth-order valence-corrected chi connectivity index (χ4v) is 4.81. The van der Waals surface area contributed by atoms with E-state index in [1.165, 1.54) is 70.6 Å². The maximum absolute atomic E-state index is 5.65. The summed E-state index contributed by atoms with van der Waals surface area (Å²) in [7, 11) is 0. The Balaban J connectivity index is 1.61. The van der Waals surface area contributed by atoms with Gasteiger partial charge in [0.1, 0.15) is 0 Å². The van der Waals surface area contributed by atoms with Gasteiger partial charge in [0, 0.05) is 0 Å². The molecule has 0 atom stereocenters. The van der Waals surface area contributed by atoms with Crippen molar-refractivity contribution in [3.63, 3.8) is 0 Å². The minimum atomic E-state index is 0.113. The molecule has 1 heterocycles. The molecular formula is C17H30O2. The summed E-state index contributed by atoms with van der Waals surface area (Å²) in [5, 5.41) is 0. The number of rotatable bonds is 4. The second-order valence-electron chi connectivity index (χ2n) is 6.97. The van der Waals surface area contributed by atoms with Gasteiger partial charge < -0.3 is 9.47 Å². The summed E-state index contributed by atoms with van der Waals surface area (Å²) in [6.07, 6.45) is 17.3. The third-order valence-corrected chi connectivity index (χ3v) is 5.89. The van der Waals surface area contributed by atoms with Gasteiger partial charge in [-0.25, -0.2) is 0 Å². The molecule has 3 rings (SSSR count). The largest absolute Gasteiger partial charge is 0.350 e. The standard InChI is InChI=1S/C17H30O2/c1-3-7-15(8-4-1)17(10-5-2-6-11-17)12-9-16-18-13-14-19-16/h15-16H,1-14H2. The Labute approximate surface area is 118 Å². The molecule has 0 N–H and O–H groups in total. The number of hydrogen-bond donors (Lipinski definition) is 0. The first-order valence-electron chi connectivity index (χ1n) is 8.62. The highest BCUT2D eigenvalue weighted by molar-refractivity contribution is 4.90. The predicted molar refractivity (Wildman–Crippen MR) is 77.0 cm³/mol. The van der Waals surface area contributed by atoms with Crippen molar-refractivity contribution in [3.8, 4) is 0 Å². The van der Waals surface area contributed by atoms with Crippen molar-refractivity contribution in [2.24, 2.45) is 11.3 Å². The van der Waals surface area contributed by atoms with Crippen molar-refractivity contribution in [3.05, 3.63) is 0 Å². The van der Waals surface area contributed by atoms with Crippen LogP contribution in [0.5, 0.6) is 0 Å². The van der Waals surface area contributed by atoms with Gasteiger partial charge in [-0.05, 0) is 49.9 Å². The van der Waals surface area contributed by atoms with Crippen LogP contribution in [0.4, 0.5) is 0 Å². The second kappa shape index (κ2) is 6.58. The molecule has 1 aliphatic heterocycles. The fraction of sp³-hybridized carbons (Fsp3) is 1.00. The van der Waals surface area contributed by atoms with Crippen LogP contribution < -0.4 is 0 Å². The first-order chi connectivity index (χ1) is 9.39. The Hall–Kier alpha value is -0.0800. The lowest BCUT2D eigenvalue weighted by Crippen LogP contribution is -2.35.